The summed E-state index contributed by atoms with van der Waals surface area (Å²) in [4.78, 5) is 11.9. The zero-order valence-electron chi connectivity index (χ0n) is 11.0. The Hall–Kier alpha value is -2.34. The summed E-state index contributed by atoms with van der Waals surface area (Å²) in [6, 6.07) is 7.60. The monoisotopic (exact) mass is 295 g/mol. The van der Waals surface area contributed by atoms with Crippen molar-refractivity contribution in [3.8, 4) is 0 Å². The lowest BCUT2D eigenvalue weighted by atomic mass is 10.1. The molecule has 0 aliphatic heterocycles. The van der Waals surface area contributed by atoms with Crippen molar-refractivity contribution in [2.45, 2.75) is 13.0 Å². The van der Waals surface area contributed by atoms with Crippen molar-refractivity contribution in [2.75, 3.05) is 5.32 Å². The predicted molar refractivity (Wildman–Crippen MR) is 71.3 cm³/mol. The zero-order chi connectivity index (χ0) is 15.6. The fourth-order valence-electron chi connectivity index (χ4n) is 1.77. The molecule has 0 heterocycles. The number of aliphatic hydroxyl groups is 1. The van der Waals surface area contributed by atoms with E-state index < -0.39 is 29.5 Å². The van der Waals surface area contributed by atoms with Gasteiger partial charge in [0, 0.05) is 11.3 Å². The summed E-state index contributed by atoms with van der Waals surface area (Å²) >= 11 is 0. The van der Waals surface area contributed by atoms with Gasteiger partial charge in [-0.05, 0) is 36.8 Å². The van der Waals surface area contributed by atoms with Crippen LogP contribution in [0.1, 0.15) is 28.9 Å². The number of amides is 1. The Morgan fingerprint density at radius 2 is 1.76 bits per heavy atom. The van der Waals surface area contributed by atoms with E-state index >= 15 is 0 Å². The number of anilines is 1. The second-order valence-electron chi connectivity index (χ2n) is 4.51. The average Bonchev–Trinajstić information content (AvgIpc) is 2.44. The number of carbonyl (C=O) groups is 1. The number of benzene rings is 2. The molecule has 0 radical (unpaired) electrons. The van der Waals surface area contributed by atoms with Crippen LogP contribution in [0.3, 0.4) is 0 Å². The first-order valence-corrected chi connectivity index (χ1v) is 6.12. The van der Waals surface area contributed by atoms with Crippen LogP contribution in [0.15, 0.2) is 36.4 Å². The summed E-state index contributed by atoms with van der Waals surface area (Å²) in [5.74, 6) is -5.27. The van der Waals surface area contributed by atoms with Crippen LogP contribution in [0.4, 0.5) is 18.9 Å². The molecule has 0 aliphatic carbocycles. The van der Waals surface area contributed by atoms with Crippen LogP contribution in [-0.2, 0) is 0 Å². The third-order valence-corrected chi connectivity index (χ3v) is 2.87. The van der Waals surface area contributed by atoms with E-state index in [9.17, 15) is 23.1 Å². The van der Waals surface area contributed by atoms with Crippen molar-refractivity contribution in [1.82, 2.24) is 0 Å². The summed E-state index contributed by atoms with van der Waals surface area (Å²) in [6.45, 7) is 1.56. The van der Waals surface area contributed by atoms with Crippen molar-refractivity contribution < 1.29 is 23.1 Å². The highest BCUT2D eigenvalue weighted by Crippen LogP contribution is 2.19. The molecule has 1 amide bonds. The molecule has 0 fully saturated rings. The Morgan fingerprint density at radius 1 is 1.14 bits per heavy atom. The molecule has 2 rings (SSSR count). The summed E-state index contributed by atoms with van der Waals surface area (Å²) in [7, 11) is 0. The first-order chi connectivity index (χ1) is 9.88. The average molecular weight is 295 g/mol. The smallest absolute Gasteiger partial charge is 0.255 e. The molecule has 1 atom stereocenters. The molecule has 6 heteroatoms. The lowest BCUT2D eigenvalue weighted by Crippen LogP contribution is -2.13. The van der Waals surface area contributed by atoms with Crippen LogP contribution in [0.25, 0.3) is 0 Å². The first kappa shape index (κ1) is 15.1. The maximum absolute atomic E-state index is 13.1. The number of hydrogen-bond donors (Lipinski definition) is 2. The maximum Gasteiger partial charge on any atom is 0.255 e. The highest BCUT2D eigenvalue weighted by molar-refractivity contribution is 6.04. The second kappa shape index (κ2) is 5.97. The van der Waals surface area contributed by atoms with E-state index in [-0.39, 0.29) is 5.56 Å². The van der Waals surface area contributed by atoms with Gasteiger partial charge in [-0.15, -0.1) is 0 Å². The second-order valence-corrected chi connectivity index (χ2v) is 4.51. The quantitative estimate of drug-likeness (QED) is 0.853. The molecule has 3 nitrogen and oxygen atoms in total. The van der Waals surface area contributed by atoms with Gasteiger partial charge in [-0.2, -0.15) is 0 Å². The maximum atomic E-state index is 13.1. The molecule has 110 valence electrons. The molecule has 0 saturated heterocycles. The van der Waals surface area contributed by atoms with Gasteiger partial charge in [-0.25, -0.2) is 13.2 Å². The Kier molecular flexibility index (Phi) is 4.28. The molecule has 2 N–H and O–H groups in total. The normalized spacial score (nSPS) is 12.0. The van der Waals surface area contributed by atoms with Gasteiger partial charge in [0.15, 0.2) is 17.5 Å². The topological polar surface area (TPSA) is 49.3 Å². The van der Waals surface area contributed by atoms with Gasteiger partial charge in [0.2, 0.25) is 0 Å². The molecule has 0 saturated carbocycles. The van der Waals surface area contributed by atoms with E-state index in [1.54, 1.807) is 25.1 Å². The summed E-state index contributed by atoms with van der Waals surface area (Å²) in [5, 5.41) is 11.9. The molecule has 2 aromatic carbocycles. The summed E-state index contributed by atoms with van der Waals surface area (Å²) in [6.07, 6.45) is -0.720. The summed E-state index contributed by atoms with van der Waals surface area (Å²) in [5.41, 5.74) is 0.585. The number of nitrogens with one attached hydrogen (secondary N) is 1. The lowest BCUT2D eigenvalue weighted by Gasteiger charge is -2.09. The molecule has 1 unspecified atom stereocenters. The Morgan fingerprint density at radius 3 is 2.33 bits per heavy atom. The minimum Gasteiger partial charge on any atom is -0.389 e. The fourth-order valence-corrected chi connectivity index (χ4v) is 1.77. The van der Waals surface area contributed by atoms with Gasteiger partial charge < -0.3 is 10.4 Å². The SMILES string of the molecule is CC(O)c1cccc(NC(=O)c2cc(F)c(F)c(F)c2)c1. The summed E-state index contributed by atoms with van der Waals surface area (Å²) < 4.78 is 39.0. The van der Waals surface area contributed by atoms with Crippen LogP contribution in [0, 0.1) is 17.5 Å². The number of rotatable bonds is 3. The third kappa shape index (κ3) is 3.41. The molecule has 21 heavy (non-hydrogen) atoms. The number of aliphatic hydroxyl groups excluding tert-OH is 1. The highest BCUT2D eigenvalue weighted by atomic mass is 19.2. The van der Waals surface area contributed by atoms with Crippen molar-refractivity contribution >= 4 is 11.6 Å². The van der Waals surface area contributed by atoms with Crippen molar-refractivity contribution in [3.05, 3.63) is 65.0 Å². The zero-order valence-corrected chi connectivity index (χ0v) is 11.0. The Bertz CT molecular complexity index is 663. The van der Waals surface area contributed by atoms with Gasteiger partial charge in [-0.1, -0.05) is 12.1 Å². The first-order valence-electron chi connectivity index (χ1n) is 6.12. The van der Waals surface area contributed by atoms with Crippen LogP contribution in [0.2, 0.25) is 0 Å². The van der Waals surface area contributed by atoms with Crippen molar-refractivity contribution in [3.63, 3.8) is 0 Å². The van der Waals surface area contributed by atoms with E-state index in [1.807, 2.05) is 0 Å². The van der Waals surface area contributed by atoms with E-state index in [0.29, 0.717) is 23.4 Å². The molecule has 0 bridgehead atoms. The third-order valence-electron chi connectivity index (χ3n) is 2.87. The molecular weight excluding hydrogens is 283 g/mol. The minimum absolute atomic E-state index is 0.339. The molecule has 0 spiro atoms. The van der Waals surface area contributed by atoms with Gasteiger partial charge >= 0.3 is 0 Å². The molecular formula is C15H12F3NO2. The van der Waals surface area contributed by atoms with E-state index in [1.165, 1.54) is 6.07 Å². The molecule has 0 aromatic heterocycles. The highest BCUT2D eigenvalue weighted by Gasteiger charge is 2.15. The lowest BCUT2D eigenvalue weighted by molar-refractivity contribution is 0.102. The number of carbonyl (C=O) groups excluding carboxylic acids is 1. The molecule has 0 aliphatic rings. The minimum atomic E-state index is -1.62. The number of halogens is 3. The van der Waals surface area contributed by atoms with Crippen LogP contribution in [0.5, 0.6) is 0 Å². The van der Waals surface area contributed by atoms with Gasteiger partial charge in [0.05, 0.1) is 6.10 Å². The van der Waals surface area contributed by atoms with Crippen molar-refractivity contribution in [2.24, 2.45) is 0 Å². The van der Waals surface area contributed by atoms with E-state index in [2.05, 4.69) is 5.32 Å². The van der Waals surface area contributed by atoms with Gasteiger partial charge in [0.1, 0.15) is 0 Å². The van der Waals surface area contributed by atoms with E-state index in [4.69, 9.17) is 0 Å². The predicted octanol–water partition coefficient (Wildman–Crippen LogP) is 3.41. The Labute approximate surface area is 119 Å². The molecule has 2 aromatic rings. The largest absolute Gasteiger partial charge is 0.389 e. The fraction of sp³-hybridized carbons (Fsp3) is 0.133. The Balaban J connectivity index is 2.24. The standard InChI is InChI=1S/C15H12F3NO2/c1-8(20)9-3-2-4-11(5-9)19-15(21)10-6-12(16)14(18)13(17)7-10/h2-8,20H,1H3,(H,19,21). The number of hydrogen-bond acceptors (Lipinski definition) is 2. The van der Waals surface area contributed by atoms with Crippen LogP contribution in [-0.4, -0.2) is 11.0 Å². The van der Waals surface area contributed by atoms with E-state index in [0.717, 1.165) is 0 Å². The van der Waals surface area contributed by atoms with Crippen LogP contribution < -0.4 is 5.32 Å². The van der Waals surface area contributed by atoms with Gasteiger partial charge in [-0.3, -0.25) is 4.79 Å². The van der Waals surface area contributed by atoms with Crippen molar-refractivity contribution in [1.29, 1.82) is 0 Å². The van der Waals surface area contributed by atoms with Gasteiger partial charge in [0.25, 0.3) is 5.91 Å². The van der Waals surface area contributed by atoms with Crippen LogP contribution >= 0.6 is 0 Å².